The van der Waals surface area contributed by atoms with Crippen molar-refractivity contribution in [1.82, 2.24) is 0 Å². The Morgan fingerprint density at radius 3 is 2.00 bits per heavy atom. The first-order valence-corrected chi connectivity index (χ1v) is 3.55. The van der Waals surface area contributed by atoms with Crippen LogP contribution in [0.3, 0.4) is 0 Å². The molecule has 1 fully saturated rings. The van der Waals surface area contributed by atoms with Gasteiger partial charge in [-0.2, -0.15) is 5.92 Å². The number of ether oxygens (including phenoxy) is 1. The van der Waals surface area contributed by atoms with Crippen LogP contribution in [-0.4, -0.2) is 25.8 Å². The van der Waals surface area contributed by atoms with E-state index in [9.17, 15) is 0 Å². The molecule has 2 unspecified atom stereocenters. The Bertz CT molecular complexity index is 74.8. The molecule has 1 aliphatic rings. The second kappa shape index (κ2) is 9.07. The predicted octanol–water partition coefficient (Wildman–Crippen LogP) is -0.243. The van der Waals surface area contributed by atoms with E-state index in [-0.39, 0.29) is 32.7 Å². The SMILES string of the molecule is NCC1CO1.[CH2-]C(C)CN.[Y]. The Hall–Kier alpha value is 0.984. The largest absolute Gasteiger partial charge is 0.372 e. The van der Waals surface area contributed by atoms with Crippen molar-refractivity contribution >= 4 is 0 Å². The number of hydrogen-bond acceptors (Lipinski definition) is 3. The van der Waals surface area contributed by atoms with Gasteiger partial charge in [0, 0.05) is 39.3 Å². The third-order valence-corrected chi connectivity index (χ3v) is 1.07. The van der Waals surface area contributed by atoms with Gasteiger partial charge in [-0.3, -0.25) is 0 Å². The molecule has 11 heavy (non-hydrogen) atoms. The van der Waals surface area contributed by atoms with Crippen LogP contribution in [0.15, 0.2) is 0 Å². The van der Waals surface area contributed by atoms with Crippen molar-refractivity contribution in [3.63, 3.8) is 0 Å². The molecular formula is C7H17N2OY-. The van der Waals surface area contributed by atoms with Crippen LogP contribution in [-0.2, 0) is 37.4 Å². The normalized spacial score (nSPS) is 22.4. The number of rotatable bonds is 2. The molecule has 65 valence electrons. The average molecular weight is 234 g/mol. The van der Waals surface area contributed by atoms with Gasteiger partial charge in [0.25, 0.3) is 0 Å². The first-order chi connectivity index (χ1) is 4.70. The molecule has 2 atom stereocenters. The van der Waals surface area contributed by atoms with Crippen LogP contribution >= 0.6 is 0 Å². The van der Waals surface area contributed by atoms with Gasteiger partial charge in [0.05, 0.1) is 12.7 Å². The van der Waals surface area contributed by atoms with Gasteiger partial charge in [0.15, 0.2) is 0 Å². The smallest absolute Gasteiger partial charge is 0.0931 e. The van der Waals surface area contributed by atoms with E-state index in [0.717, 1.165) is 6.61 Å². The summed E-state index contributed by atoms with van der Waals surface area (Å²) in [6.45, 7) is 7.89. The van der Waals surface area contributed by atoms with Crippen LogP contribution < -0.4 is 11.5 Å². The Morgan fingerprint density at radius 1 is 1.64 bits per heavy atom. The summed E-state index contributed by atoms with van der Waals surface area (Å²) in [5, 5.41) is 0. The summed E-state index contributed by atoms with van der Waals surface area (Å²) in [7, 11) is 0. The van der Waals surface area contributed by atoms with Crippen LogP contribution in [0.2, 0.25) is 0 Å². The van der Waals surface area contributed by atoms with Gasteiger partial charge in [0.1, 0.15) is 0 Å². The topological polar surface area (TPSA) is 64.6 Å². The maximum Gasteiger partial charge on any atom is 0.0931 e. The Labute approximate surface area is 94.1 Å². The van der Waals surface area contributed by atoms with Crippen molar-refractivity contribution in [2.75, 3.05) is 19.7 Å². The second-order valence-electron chi connectivity index (χ2n) is 2.53. The van der Waals surface area contributed by atoms with E-state index in [4.69, 9.17) is 16.2 Å². The molecule has 0 aliphatic carbocycles. The molecule has 0 bridgehead atoms. The molecule has 4 heteroatoms. The minimum Gasteiger partial charge on any atom is -0.372 e. The van der Waals surface area contributed by atoms with E-state index in [1.54, 1.807) is 0 Å². The molecule has 1 heterocycles. The van der Waals surface area contributed by atoms with Crippen molar-refractivity contribution in [3.8, 4) is 0 Å². The Morgan fingerprint density at radius 2 is 2.00 bits per heavy atom. The predicted molar refractivity (Wildman–Crippen MR) is 42.4 cm³/mol. The summed E-state index contributed by atoms with van der Waals surface area (Å²) in [6, 6.07) is 0. The van der Waals surface area contributed by atoms with Gasteiger partial charge in [0.2, 0.25) is 0 Å². The van der Waals surface area contributed by atoms with E-state index < -0.39 is 0 Å². The molecule has 1 saturated heterocycles. The van der Waals surface area contributed by atoms with E-state index in [2.05, 4.69) is 6.92 Å². The first kappa shape index (κ1) is 14.5. The number of nitrogens with two attached hydrogens (primary N) is 2. The first-order valence-electron chi connectivity index (χ1n) is 3.55. The third-order valence-electron chi connectivity index (χ3n) is 1.07. The summed E-state index contributed by atoms with van der Waals surface area (Å²) in [5.41, 5.74) is 10.2. The van der Waals surface area contributed by atoms with Crippen molar-refractivity contribution < 1.29 is 37.4 Å². The van der Waals surface area contributed by atoms with Crippen LogP contribution in [0.25, 0.3) is 0 Å². The van der Waals surface area contributed by atoms with Crippen molar-refractivity contribution in [3.05, 3.63) is 6.92 Å². The molecule has 1 aliphatic heterocycles. The van der Waals surface area contributed by atoms with Gasteiger partial charge in [-0.1, -0.05) is 6.92 Å². The number of epoxide rings is 1. The second-order valence-corrected chi connectivity index (χ2v) is 2.53. The zero-order chi connectivity index (χ0) is 7.98. The van der Waals surface area contributed by atoms with Crippen molar-refractivity contribution in [2.24, 2.45) is 17.4 Å². The minimum absolute atomic E-state index is 0. The summed E-state index contributed by atoms with van der Waals surface area (Å²) in [6.07, 6.45) is 0.412. The molecule has 0 amide bonds. The fraction of sp³-hybridized carbons (Fsp3) is 0.857. The van der Waals surface area contributed by atoms with E-state index >= 15 is 0 Å². The Balaban J connectivity index is 0. The van der Waals surface area contributed by atoms with Crippen LogP contribution in [0.5, 0.6) is 0 Å². The number of hydrogen-bond donors (Lipinski definition) is 2. The summed E-state index contributed by atoms with van der Waals surface area (Å²) < 4.78 is 4.73. The van der Waals surface area contributed by atoms with E-state index in [1.807, 2.05) is 6.92 Å². The Kier molecular flexibility index (Phi) is 12.0. The third kappa shape index (κ3) is 13.9. The summed E-state index contributed by atoms with van der Waals surface area (Å²) in [5.74, 6) is 0.412. The monoisotopic (exact) mass is 234 g/mol. The molecule has 1 radical (unpaired) electrons. The summed E-state index contributed by atoms with van der Waals surface area (Å²) >= 11 is 0. The van der Waals surface area contributed by atoms with Crippen molar-refractivity contribution in [1.29, 1.82) is 0 Å². The fourth-order valence-electron chi connectivity index (χ4n) is 0.204. The molecule has 0 saturated carbocycles. The molecule has 4 N–H and O–H groups in total. The maximum atomic E-state index is 5.11. The average Bonchev–Trinajstić information content (AvgIpc) is 2.70. The van der Waals surface area contributed by atoms with Crippen LogP contribution in [0.1, 0.15) is 6.92 Å². The molecule has 0 aromatic heterocycles. The fourth-order valence-corrected chi connectivity index (χ4v) is 0.204. The molecule has 1 rings (SSSR count). The molecule has 3 nitrogen and oxygen atoms in total. The summed E-state index contributed by atoms with van der Waals surface area (Å²) in [4.78, 5) is 0. The standard InChI is InChI=1S/C4H10N.C3H7NO.Y/c1-4(2)3-5;4-1-3-2-5-3;/h4H,1,3,5H2,2H3;3H,1-2,4H2;/q-1;;. The molecular weight excluding hydrogens is 217 g/mol. The zero-order valence-electron chi connectivity index (χ0n) is 7.12. The minimum atomic E-state index is 0. The van der Waals surface area contributed by atoms with Gasteiger partial charge in [-0.25, -0.2) is 0 Å². The molecule has 0 aromatic rings. The van der Waals surface area contributed by atoms with Crippen molar-refractivity contribution in [2.45, 2.75) is 13.0 Å². The quantitative estimate of drug-likeness (QED) is 0.511. The van der Waals surface area contributed by atoms with Gasteiger partial charge in [-0.05, 0) is 6.54 Å². The van der Waals surface area contributed by atoms with Gasteiger partial charge >= 0.3 is 0 Å². The van der Waals surface area contributed by atoms with E-state index in [1.165, 1.54) is 0 Å². The van der Waals surface area contributed by atoms with Gasteiger partial charge in [-0.15, -0.1) is 0 Å². The zero-order valence-corrected chi connectivity index (χ0v) is 9.96. The van der Waals surface area contributed by atoms with Crippen LogP contribution in [0.4, 0.5) is 0 Å². The molecule has 0 spiro atoms. The van der Waals surface area contributed by atoms with Crippen LogP contribution in [0, 0.1) is 12.8 Å². The van der Waals surface area contributed by atoms with Gasteiger partial charge < -0.3 is 23.1 Å². The molecule has 0 aromatic carbocycles. The van der Waals surface area contributed by atoms with E-state index in [0.29, 0.717) is 25.1 Å². The maximum absolute atomic E-state index is 5.11.